The Balaban J connectivity index is 1.43. The van der Waals surface area contributed by atoms with Crippen molar-refractivity contribution in [1.29, 1.82) is 0 Å². The Morgan fingerprint density at radius 3 is 2.75 bits per heavy atom. The highest BCUT2D eigenvalue weighted by Gasteiger charge is 2.56. The molecule has 0 aromatic heterocycles. The van der Waals surface area contributed by atoms with Crippen LogP contribution in [-0.2, 0) is 12.0 Å². The standard InChI is InChI=1S/C22H25NO/c1-2-7-17(8-3-1)15-23-14-13-22-18(16-23)9-6-12-21(22)24-20-11-5-4-10-19(20)22/h1-5,7-8,10-11,18,21H,6,9,12-16H2/t18-,21+,22+/m0/s1. The van der Waals surface area contributed by atoms with E-state index < -0.39 is 0 Å². The maximum atomic E-state index is 6.41. The van der Waals surface area contributed by atoms with Crippen LogP contribution in [0.4, 0.5) is 0 Å². The Kier molecular flexibility index (Phi) is 3.41. The van der Waals surface area contributed by atoms with E-state index in [2.05, 4.69) is 59.5 Å². The van der Waals surface area contributed by atoms with Crippen molar-refractivity contribution in [1.82, 2.24) is 4.90 Å². The minimum Gasteiger partial charge on any atom is -0.489 e. The van der Waals surface area contributed by atoms with Gasteiger partial charge in [-0.05, 0) is 49.8 Å². The highest BCUT2D eigenvalue weighted by molar-refractivity contribution is 5.47. The molecule has 2 aromatic carbocycles. The molecular formula is C22H25NO. The van der Waals surface area contributed by atoms with Gasteiger partial charge in [-0.25, -0.2) is 0 Å². The first-order valence-electron chi connectivity index (χ1n) is 9.39. The molecule has 24 heavy (non-hydrogen) atoms. The third kappa shape index (κ3) is 2.12. The summed E-state index contributed by atoms with van der Waals surface area (Å²) in [6.07, 6.45) is 5.53. The van der Waals surface area contributed by atoms with Crippen LogP contribution in [0.5, 0.6) is 5.75 Å². The average molecular weight is 319 g/mol. The molecule has 2 nitrogen and oxygen atoms in total. The fourth-order valence-corrected chi connectivity index (χ4v) is 5.48. The zero-order valence-electron chi connectivity index (χ0n) is 14.2. The second kappa shape index (κ2) is 5.63. The molecule has 1 aliphatic carbocycles. The summed E-state index contributed by atoms with van der Waals surface area (Å²) in [6, 6.07) is 19.7. The number of piperidine rings is 1. The van der Waals surface area contributed by atoms with Crippen molar-refractivity contribution in [2.75, 3.05) is 13.1 Å². The summed E-state index contributed by atoms with van der Waals surface area (Å²) in [6.45, 7) is 3.48. The van der Waals surface area contributed by atoms with Gasteiger partial charge in [0.2, 0.25) is 0 Å². The van der Waals surface area contributed by atoms with Crippen molar-refractivity contribution < 1.29 is 4.74 Å². The second-order valence-electron chi connectivity index (χ2n) is 7.74. The van der Waals surface area contributed by atoms with E-state index in [9.17, 15) is 0 Å². The van der Waals surface area contributed by atoms with Crippen molar-refractivity contribution in [3.05, 3.63) is 65.7 Å². The van der Waals surface area contributed by atoms with Crippen LogP contribution in [0, 0.1) is 5.92 Å². The number of hydrogen-bond acceptors (Lipinski definition) is 2. The summed E-state index contributed by atoms with van der Waals surface area (Å²) in [7, 11) is 0. The van der Waals surface area contributed by atoms with E-state index in [1.54, 1.807) is 0 Å². The molecule has 1 saturated carbocycles. The van der Waals surface area contributed by atoms with Gasteiger partial charge in [0, 0.05) is 24.1 Å². The third-order valence-corrected chi connectivity index (χ3v) is 6.55. The van der Waals surface area contributed by atoms with Gasteiger partial charge in [0.25, 0.3) is 0 Å². The summed E-state index contributed by atoms with van der Waals surface area (Å²) >= 11 is 0. The lowest BCUT2D eigenvalue weighted by Crippen LogP contribution is -2.56. The van der Waals surface area contributed by atoms with E-state index in [0.717, 1.165) is 18.2 Å². The van der Waals surface area contributed by atoms with E-state index in [0.29, 0.717) is 6.10 Å². The Hall–Kier alpha value is -1.80. The van der Waals surface area contributed by atoms with Crippen molar-refractivity contribution in [2.24, 2.45) is 5.92 Å². The predicted molar refractivity (Wildman–Crippen MR) is 96.2 cm³/mol. The first-order chi connectivity index (χ1) is 11.9. The molecule has 2 heterocycles. The Labute approximate surface area is 144 Å². The molecule has 124 valence electrons. The molecule has 3 aliphatic rings. The van der Waals surface area contributed by atoms with E-state index in [1.165, 1.54) is 49.9 Å². The number of benzene rings is 2. The number of nitrogens with zero attached hydrogens (tertiary/aromatic N) is 1. The van der Waals surface area contributed by atoms with Crippen molar-refractivity contribution in [2.45, 2.75) is 43.7 Å². The molecule has 5 rings (SSSR count). The van der Waals surface area contributed by atoms with Crippen LogP contribution in [0.15, 0.2) is 54.6 Å². The van der Waals surface area contributed by atoms with Gasteiger partial charge in [-0.3, -0.25) is 4.90 Å². The lowest BCUT2D eigenvalue weighted by molar-refractivity contribution is -0.00920. The van der Waals surface area contributed by atoms with Crippen molar-refractivity contribution in [3.63, 3.8) is 0 Å². The topological polar surface area (TPSA) is 12.5 Å². The molecule has 0 amide bonds. The number of hydrogen-bond donors (Lipinski definition) is 0. The fourth-order valence-electron chi connectivity index (χ4n) is 5.48. The minimum atomic E-state index is 0.280. The Bertz CT molecular complexity index is 728. The van der Waals surface area contributed by atoms with E-state index in [-0.39, 0.29) is 5.41 Å². The highest BCUT2D eigenvalue weighted by Crippen LogP contribution is 2.56. The van der Waals surface area contributed by atoms with Gasteiger partial charge in [0.05, 0.1) is 0 Å². The summed E-state index contributed by atoms with van der Waals surface area (Å²) in [5.74, 6) is 1.89. The summed E-state index contributed by atoms with van der Waals surface area (Å²) in [5, 5.41) is 0. The molecule has 2 fully saturated rings. The highest BCUT2D eigenvalue weighted by atomic mass is 16.5. The lowest BCUT2D eigenvalue weighted by Gasteiger charge is -2.51. The van der Waals surface area contributed by atoms with Crippen LogP contribution in [-0.4, -0.2) is 24.1 Å². The molecule has 2 heteroatoms. The third-order valence-electron chi connectivity index (χ3n) is 6.55. The first kappa shape index (κ1) is 14.5. The van der Waals surface area contributed by atoms with Gasteiger partial charge in [-0.2, -0.15) is 0 Å². The van der Waals surface area contributed by atoms with E-state index in [4.69, 9.17) is 4.74 Å². The van der Waals surface area contributed by atoms with Crippen LogP contribution in [0.25, 0.3) is 0 Å². The molecule has 2 aromatic rings. The number of fused-ring (bicyclic) bond motifs is 1. The quantitative estimate of drug-likeness (QED) is 0.814. The lowest BCUT2D eigenvalue weighted by atomic mass is 9.58. The molecule has 3 atom stereocenters. The Morgan fingerprint density at radius 2 is 1.83 bits per heavy atom. The Morgan fingerprint density at radius 1 is 1.00 bits per heavy atom. The average Bonchev–Trinajstić information content (AvgIpc) is 2.96. The van der Waals surface area contributed by atoms with Gasteiger partial charge < -0.3 is 4.74 Å². The zero-order valence-corrected chi connectivity index (χ0v) is 14.2. The SMILES string of the molecule is c1ccc(CN2CC[C@@]34c5ccccc5O[C@@H]3CCC[C@H]4C2)cc1. The van der Waals surface area contributed by atoms with Gasteiger partial charge >= 0.3 is 0 Å². The number of para-hydroxylation sites is 1. The molecule has 1 saturated heterocycles. The summed E-state index contributed by atoms with van der Waals surface area (Å²) in [4.78, 5) is 2.66. The van der Waals surface area contributed by atoms with Crippen molar-refractivity contribution in [3.8, 4) is 5.75 Å². The van der Waals surface area contributed by atoms with E-state index in [1.807, 2.05) is 0 Å². The van der Waals surface area contributed by atoms with Gasteiger partial charge in [-0.15, -0.1) is 0 Å². The second-order valence-corrected chi connectivity index (χ2v) is 7.74. The fraction of sp³-hybridized carbons (Fsp3) is 0.455. The maximum Gasteiger partial charge on any atom is 0.123 e. The molecule has 0 bridgehead atoms. The maximum absolute atomic E-state index is 6.41. The minimum absolute atomic E-state index is 0.280. The van der Waals surface area contributed by atoms with Gasteiger partial charge in [-0.1, -0.05) is 48.5 Å². The molecule has 0 N–H and O–H groups in total. The summed E-state index contributed by atoms with van der Waals surface area (Å²) < 4.78 is 6.41. The largest absolute Gasteiger partial charge is 0.489 e. The smallest absolute Gasteiger partial charge is 0.123 e. The van der Waals surface area contributed by atoms with Crippen LogP contribution < -0.4 is 4.74 Å². The number of ether oxygens (including phenoxy) is 1. The number of rotatable bonds is 2. The normalized spacial score (nSPS) is 31.7. The van der Waals surface area contributed by atoms with E-state index >= 15 is 0 Å². The zero-order chi connectivity index (χ0) is 16.0. The summed E-state index contributed by atoms with van der Waals surface area (Å²) in [5.41, 5.74) is 3.21. The van der Waals surface area contributed by atoms with Gasteiger partial charge in [0.1, 0.15) is 11.9 Å². The van der Waals surface area contributed by atoms with Gasteiger partial charge in [0.15, 0.2) is 0 Å². The monoisotopic (exact) mass is 319 g/mol. The predicted octanol–water partition coefficient (Wildman–Crippen LogP) is 4.39. The van der Waals surface area contributed by atoms with Crippen LogP contribution in [0.3, 0.4) is 0 Å². The molecule has 1 spiro atoms. The number of likely N-dealkylation sites (tertiary alicyclic amines) is 1. The van der Waals surface area contributed by atoms with Crippen LogP contribution in [0.1, 0.15) is 36.8 Å². The van der Waals surface area contributed by atoms with Crippen LogP contribution >= 0.6 is 0 Å². The molecule has 0 radical (unpaired) electrons. The molecular weight excluding hydrogens is 294 g/mol. The first-order valence-corrected chi connectivity index (χ1v) is 9.39. The molecule has 0 unspecified atom stereocenters. The molecule has 2 aliphatic heterocycles. The van der Waals surface area contributed by atoms with Crippen molar-refractivity contribution >= 4 is 0 Å². The van der Waals surface area contributed by atoms with Crippen LogP contribution in [0.2, 0.25) is 0 Å².